The van der Waals surface area contributed by atoms with Gasteiger partial charge in [0.05, 0.1) is 12.7 Å². The van der Waals surface area contributed by atoms with Crippen molar-refractivity contribution in [2.24, 2.45) is 0 Å². The van der Waals surface area contributed by atoms with E-state index in [9.17, 15) is 9.90 Å². The molecule has 0 amide bonds. The van der Waals surface area contributed by atoms with Gasteiger partial charge in [-0.15, -0.1) is 0 Å². The summed E-state index contributed by atoms with van der Waals surface area (Å²) in [5.74, 6) is -2.41. The molecular weight excluding hydrogens is 188 g/mol. The number of phenols is 3. The zero-order valence-corrected chi connectivity index (χ0v) is 7.74. The second-order valence-electron chi connectivity index (χ2n) is 2.76. The molecule has 0 saturated carbocycles. The second kappa shape index (κ2) is 3.45. The molecule has 0 aliphatic heterocycles. The monoisotopic (exact) mass is 198 g/mol. The van der Waals surface area contributed by atoms with Crippen molar-refractivity contribution >= 4 is 5.97 Å². The van der Waals surface area contributed by atoms with Crippen molar-refractivity contribution < 1.29 is 24.9 Å². The third-order valence-electron chi connectivity index (χ3n) is 1.91. The summed E-state index contributed by atoms with van der Waals surface area (Å²) in [6.45, 7) is 1.43. The Balaban J connectivity index is 3.40. The normalized spacial score (nSPS) is 9.86. The van der Waals surface area contributed by atoms with Crippen LogP contribution in [0.25, 0.3) is 0 Å². The lowest BCUT2D eigenvalue weighted by Gasteiger charge is -2.08. The minimum atomic E-state index is -0.687. The zero-order chi connectivity index (χ0) is 10.9. The molecule has 0 aliphatic rings. The Morgan fingerprint density at radius 2 is 1.86 bits per heavy atom. The average Bonchev–Trinajstić information content (AvgIpc) is 2.19. The molecule has 5 heteroatoms. The number of carbonyl (C=O) groups excluding carboxylic acids is 1. The van der Waals surface area contributed by atoms with Gasteiger partial charge < -0.3 is 20.1 Å². The molecule has 0 radical (unpaired) electrons. The smallest absolute Gasteiger partial charge is 0.338 e. The maximum Gasteiger partial charge on any atom is 0.338 e. The van der Waals surface area contributed by atoms with Gasteiger partial charge in [0.25, 0.3) is 0 Å². The van der Waals surface area contributed by atoms with Gasteiger partial charge in [-0.05, 0) is 13.0 Å². The lowest BCUT2D eigenvalue weighted by molar-refractivity contribution is 0.0599. The first-order chi connectivity index (χ1) is 6.49. The van der Waals surface area contributed by atoms with Gasteiger partial charge in [0.2, 0.25) is 5.75 Å². The van der Waals surface area contributed by atoms with Gasteiger partial charge in [-0.1, -0.05) is 0 Å². The lowest BCUT2D eigenvalue weighted by atomic mass is 10.1. The van der Waals surface area contributed by atoms with Crippen molar-refractivity contribution in [2.45, 2.75) is 6.92 Å². The second-order valence-corrected chi connectivity index (χ2v) is 2.76. The Hall–Kier alpha value is -1.91. The summed E-state index contributed by atoms with van der Waals surface area (Å²) in [4.78, 5) is 11.1. The molecule has 0 unspecified atom stereocenters. The minimum Gasteiger partial charge on any atom is -0.504 e. The van der Waals surface area contributed by atoms with Crippen LogP contribution in [-0.4, -0.2) is 28.4 Å². The Labute approximate surface area is 80.2 Å². The van der Waals surface area contributed by atoms with E-state index in [0.29, 0.717) is 0 Å². The third kappa shape index (κ3) is 1.44. The summed E-state index contributed by atoms with van der Waals surface area (Å²) in [6.07, 6.45) is 0. The maximum absolute atomic E-state index is 11.1. The summed E-state index contributed by atoms with van der Waals surface area (Å²) in [6, 6.07) is 1.04. The molecule has 1 aromatic carbocycles. The zero-order valence-electron chi connectivity index (χ0n) is 7.74. The van der Waals surface area contributed by atoms with E-state index in [1.807, 2.05) is 0 Å². The third-order valence-corrected chi connectivity index (χ3v) is 1.91. The maximum atomic E-state index is 11.1. The largest absolute Gasteiger partial charge is 0.504 e. The van der Waals surface area contributed by atoms with Crippen LogP contribution in [0.1, 0.15) is 15.9 Å². The fourth-order valence-electron chi connectivity index (χ4n) is 1.06. The highest BCUT2D eigenvalue weighted by Crippen LogP contribution is 2.39. The standard InChI is InChI=1S/C9H10O5/c1-4-5(9(13)14-2)3-6(10)8(12)7(4)11/h3,10-12H,1-2H3. The van der Waals surface area contributed by atoms with E-state index >= 15 is 0 Å². The highest BCUT2D eigenvalue weighted by molar-refractivity contribution is 5.93. The van der Waals surface area contributed by atoms with Gasteiger partial charge in [-0.25, -0.2) is 4.79 Å². The summed E-state index contributed by atoms with van der Waals surface area (Å²) < 4.78 is 4.42. The molecule has 0 bridgehead atoms. The molecule has 1 rings (SSSR count). The molecule has 3 N–H and O–H groups in total. The van der Waals surface area contributed by atoms with E-state index in [1.54, 1.807) is 0 Å². The molecule has 76 valence electrons. The Kier molecular flexibility index (Phi) is 2.51. The fraction of sp³-hybridized carbons (Fsp3) is 0.222. The van der Waals surface area contributed by atoms with Crippen molar-refractivity contribution in [3.8, 4) is 17.2 Å². The van der Waals surface area contributed by atoms with Crippen LogP contribution in [-0.2, 0) is 4.74 Å². The molecular formula is C9H10O5. The summed E-state index contributed by atoms with van der Waals surface area (Å²) in [5.41, 5.74) is 0.174. The van der Waals surface area contributed by atoms with Crippen LogP contribution in [0, 0.1) is 6.92 Å². The van der Waals surface area contributed by atoms with Gasteiger partial charge >= 0.3 is 5.97 Å². The molecule has 14 heavy (non-hydrogen) atoms. The Morgan fingerprint density at radius 1 is 1.29 bits per heavy atom. The van der Waals surface area contributed by atoms with Gasteiger partial charge in [-0.2, -0.15) is 0 Å². The number of benzene rings is 1. The number of carbonyl (C=O) groups is 1. The van der Waals surface area contributed by atoms with Gasteiger partial charge in [0.1, 0.15) is 0 Å². The molecule has 0 aliphatic carbocycles. The quantitative estimate of drug-likeness (QED) is 0.461. The first-order valence-electron chi connectivity index (χ1n) is 3.81. The number of phenolic OH excluding ortho intramolecular Hbond substituents is 3. The molecule has 1 aromatic rings. The van der Waals surface area contributed by atoms with Crippen LogP contribution in [0.4, 0.5) is 0 Å². The Bertz CT molecular complexity index is 383. The van der Waals surface area contributed by atoms with Crippen molar-refractivity contribution in [3.05, 3.63) is 17.2 Å². The van der Waals surface area contributed by atoms with Gasteiger partial charge in [0.15, 0.2) is 11.5 Å². The fourth-order valence-corrected chi connectivity index (χ4v) is 1.06. The van der Waals surface area contributed by atoms with E-state index in [2.05, 4.69) is 4.74 Å². The van der Waals surface area contributed by atoms with Crippen LogP contribution in [0.15, 0.2) is 6.07 Å². The minimum absolute atomic E-state index is 0.0142. The summed E-state index contributed by atoms with van der Waals surface area (Å²) in [7, 11) is 1.18. The molecule has 0 aromatic heterocycles. The SMILES string of the molecule is COC(=O)c1cc(O)c(O)c(O)c1C. The molecule has 0 fully saturated rings. The highest BCUT2D eigenvalue weighted by Gasteiger charge is 2.18. The number of hydrogen-bond acceptors (Lipinski definition) is 5. The van der Waals surface area contributed by atoms with Crippen LogP contribution in [0.5, 0.6) is 17.2 Å². The molecule has 0 heterocycles. The first kappa shape index (κ1) is 10.2. The van der Waals surface area contributed by atoms with E-state index in [4.69, 9.17) is 10.2 Å². The van der Waals surface area contributed by atoms with Crippen molar-refractivity contribution in [3.63, 3.8) is 0 Å². The molecule has 0 spiro atoms. The number of esters is 1. The van der Waals surface area contributed by atoms with Crippen LogP contribution < -0.4 is 0 Å². The first-order valence-corrected chi connectivity index (χ1v) is 3.81. The topological polar surface area (TPSA) is 87.0 Å². The van der Waals surface area contributed by atoms with E-state index in [-0.39, 0.29) is 11.1 Å². The van der Waals surface area contributed by atoms with Crippen LogP contribution in [0.3, 0.4) is 0 Å². The van der Waals surface area contributed by atoms with Crippen LogP contribution >= 0.6 is 0 Å². The summed E-state index contributed by atoms with van der Waals surface area (Å²) in [5, 5.41) is 27.5. The van der Waals surface area contributed by atoms with Crippen molar-refractivity contribution in [1.82, 2.24) is 0 Å². The molecule has 0 saturated heterocycles. The number of methoxy groups -OCH3 is 1. The van der Waals surface area contributed by atoms with E-state index in [1.165, 1.54) is 14.0 Å². The van der Waals surface area contributed by atoms with E-state index < -0.39 is 23.2 Å². The number of aromatic hydroxyl groups is 3. The molecule has 5 nitrogen and oxygen atoms in total. The number of hydrogen-bond donors (Lipinski definition) is 3. The van der Waals surface area contributed by atoms with Crippen molar-refractivity contribution in [1.29, 1.82) is 0 Å². The number of rotatable bonds is 1. The van der Waals surface area contributed by atoms with Crippen molar-refractivity contribution in [2.75, 3.05) is 7.11 Å². The highest BCUT2D eigenvalue weighted by atomic mass is 16.5. The van der Waals surface area contributed by atoms with E-state index in [0.717, 1.165) is 6.07 Å². The van der Waals surface area contributed by atoms with Gasteiger partial charge in [-0.3, -0.25) is 0 Å². The van der Waals surface area contributed by atoms with Crippen LogP contribution in [0.2, 0.25) is 0 Å². The molecule has 0 atom stereocenters. The number of ether oxygens (including phenoxy) is 1. The Morgan fingerprint density at radius 3 is 2.36 bits per heavy atom. The lowest BCUT2D eigenvalue weighted by Crippen LogP contribution is -2.03. The predicted octanol–water partition coefficient (Wildman–Crippen LogP) is 0.898. The average molecular weight is 198 g/mol. The predicted molar refractivity (Wildman–Crippen MR) is 47.5 cm³/mol. The summed E-state index contributed by atoms with van der Waals surface area (Å²) >= 11 is 0. The van der Waals surface area contributed by atoms with Gasteiger partial charge in [0, 0.05) is 5.56 Å².